The number of hydrogen-bond acceptors (Lipinski definition) is 3. The fourth-order valence-corrected chi connectivity index (χ4v) is 1.44. The van der Waals surface area contributed by atoms with Crippen molar-refractivity contribution < 1.29 is 15.0 Å². The van der Waals surface area contributed by atoms with Gasteiger partial charge in [-0.1, -0.05) is 0 Å². The fourth-order valence-electron chi connectivity index (χ4n) is 1.44. The van der Waals surface area contributed by atoms with E-state index < -0.39 is 6.61 Å². The summed E-state index contributed by atoms with van der Waals surface area (Å²) in [6.45, 7) is 0.229. The normalized spacial score (nSPS) is 24.2. The Hall–Kier alpha value is -0.610. The summed E-state index contributed by atoms with van der Waals surface area (Å²) in [5.74, 6) is -0.276. The van der Waals surface area contributed by atoms with E-state index in [4.69, 9.17) is 10.2 Å². The first-order valence-electron chi connectivity index (χ1n) is 3.80. The lowest BCUT2D eigenvalue weighted by molar-refractivity contribution is -0.135. The minimum atomic E-state index is -0.448. The highest BCUT2D eigenvalue weighted by Crippen LogP contribution is 2.15. The number of aliphatic hydroxyl groups excluding tert-OH is 2. The van der Waals surface area contributed by atoms with Crippen LogP contribution in [0.5, 0.6) is 0 Å². The quantitative estimate of drug-likeness (QED) is 0.541. The lowest BCUT2D eigenvalue weighted by Gasteiger charge is -2.21. The molecule has 0 radical (unpaired) electrons. The van der Waals surface area contributed by atoms with Crippen LogP contribution in [0.2, 0.25) is 0 Å². The molecule has 4 nitrogen and oxygen atoms in total. The molecule has 0 unspecified atom stereocenters. The van der Waals surface area contributed by atoms with Gasteiger partial charge in [-0.2, -0.15) is 0 Å². The van der Waals surface area contributed by atoms with Gasteiger partial charge in [0.05, 0.1) is 12.6 Å². The molecule has 1 fully saturated rings. The van der Waals surface area contributed by atoms with E-state index in [1.165, 1.54) is 0 Å². The van der Waals surface area contributed by atoms with Crippen LogP contribution in [0.25, 0.3) is 0 Å². The van der Waals surface area contributed by atoms with Crippen molar-refractivity contribution >= 4 is 5.91 Å². The number of likely N-dealkylation sites (tertiary alicyclic amines) is 1. The van der Waals surface area contributed by atoms with E-state index in [0.717, 1.165) is 12.8 Å². The van der Waals surface area contributed by atoms with Crippen molar-refractivity contribution in [1.82, 2.24) is 4.90 Å². The van der Waals surface area contributed by atoms with Gasteiger partial charge >= 0.3 is 0 Å². The Morgan fingerprint density at radius 2 is 2.27 bits per heavy atom. The molecule has 1 saturated heterocycles. The molecular formula is C7H13NO3. The lowest BCUT2D eigenvalue weighted by Crippen LogP contribution is -2.39. The third-order valence-corrected chi connectivity index (χ3v) is 2.04. The molecule has 0 aromatic heterocycles. The first-order valence-corrected chi connectivity index (χ1v) is 3.80. The average molecular weight is 159 g/mol. The van der Waals surface area contributed by atoms with Crippen LogP contribution in [-0.2, 0) is 4.79 Å². The zero-order valence-corrected chi connectivity index (χ0v) is 6.36. The Morgan fingerprint density at radius 1 is 1.55 bits per heavy atom. The van der Waals surface area contributed by atoms with E-state index in [1.807, 2.05) is 0 Å². The van der Waals surface area contributed by atoms with Gasteiger partial charge in [0.1, 0.15) is 6.61 Å². The summed E-state index contributed by atoms with van der Waals surface area (Å²) in [6, 6.07) is -0.0605. The van der Waals surface area contributed by atoms with Crippen molar-refractivity contribution in [2.24, 2.45) is 0 Å². The Kier molecular flexibility index (Phi) is 2.84. The number of carbonyl (C=O) groups excluding carboxylic acids is 1. The van der Waals surface area contributed by atoms with Gasteiger partial charge in [-0.3, -0.25) is 4.79 Å². The van der Waals surface area contributed by atoms with Crippen LogP contribution in [0.4, 0.5) is 0 Å². The molecule has 1 aliphatic heterocycles. The van der Waals surface area contributed by atoms with Gasteiger partial charge in [-0.25, -0.2) is 0 Å². The predicted molar refractivity (Wildman–Crippen MR) is 38.9 cm³/mol. The Morgan fingerprint density at radius 3 is 2.82 bits per heavy atom. The first-order chi connectivity index (χ1) is 5.29. The fraction of sp³-hybridized carbons (Fsp3) is 0.857. The molecule has 1 amide bonds. The average Bonchev–Trinajstić information content (AvgIpc) is 2.50. The second kappa shape index (κ2) is 3.69. The van der Waals surface area contributed by atoms with Crippen LogP contribution < -0.4 is 0 Å². The highest BCUT2D eigenvalue weighted by Gasteiger charge is 2.26. The summed E-state index contributed by atoms with van der Waals surface area (Å²) >= 11 is 0. The molecule has 1 heterocycles. The molecule has 0 aliphatic carbocycles. The topological polar surface area (TPSA) is 60.8 Å². The van der Waals surface area contributed by atoms with E-state index in [-0.39, 0.29) is 18.6 Å². The zero-order valence-electron chi connectivity index (χ0n) is 6.36. The molecule has 0 bridgehead atoms. The van der Waals surface area contributed by atoms with Crippen LogP contribution in [0.3, 0.4) is 0 Å². The number of hydrogen-bond donors (Lipinski definition) is 2. The maximum Gasteiger partial charge on any atom is 0.248 e. The van der Waals surface area contributed by atoms with Crippen LogP contribution in [-0.4, -0.2) is 46.8 Å². The zero-order chi connectivity index (χ0) is 8.27. The van der Waals surface area contributed by atoms with Gasteiger partial charge in [0.15, 0.2) is 0 Å². The van der Waals surface area contributed by atoms with Crippen molar-refractivity contribution in [2.45, 2.75) is 18.9 Å². The van der Waals surface area contributed by atoms with Gasteiger partial charge in [0.25, 0.3) is 0 Å². The van der Waals surface area contributed by atoms with Crippen molar-refractivity contribution in [3.63, 3.8) is 0 Å². The Balaban J connectivity index is 2.49. The Labute approximate surface area is 65.4 Å². The van der Waals surface area contributed by atoms with Crippen LogP contribution in [0.15, 0.2) is 0 Å². The standard InChI is InChI=1S/C7H13NO3/c9-4-6-2-1-3-8(6)7(11)5-10/h6,9-10H,1-5H2/t6-/m0/s1. The van der Waals surface area contributed by atoms with Crippen LogP contribution in [0.1, 0.15) is 12.8 Å². The molecule has 0 saturated carbocycles. The maximum absolute atomic E-state index is 10.9. The molecule has 64 valence electrons. The Bertz CT molecular complexity index is 149. The van der Waals surface area contributed by atoms with E-state index >= 15 is 0 Å². The summed E-state index contributed by atoms with van der Waals surface area (Å²) in [6.07, 6.45) is 1.78. The molecule has 0 aromatic carbocycles. The predicted octanol–water partition coefficient (Wildman–Crippen LogP) is -1.04. The minimum Gasteiger partial charge on any atom is -0.394 e. The summed E-state index contributed by atoms with van der Waals surface area (Å²) in [4.78, 5) is 12.5. The van der Waals surface area contributed by atoms with Gasteiger partial charge in [0.2, 0.25) is 5.91 Å². The van der Waals surface area contributed by atoms with Crippen molar-refractivity contribution in [3.8, 4) is 0 Å². The molecule has 4 heteroatoms. The summed E-state index contributed by atoms with van der Waals surface area (Å²) in [5, 5.41) is 17.3. The highest BCUT2D eigenvalue weighted by molar-refractivity contribution is 5.77. The van der Waals surface area contributed by atoms with Crippen LogP contribution >= 0.6 is 0 Å². The van der Waals surface area contributed by atoms with E-state index in [0.29, 0.717) is 6.54 Å². The highest BCUT2D eigenvalue weighted by atomic mass is 16.3. The second-order valence-electron chi connectivity index (χ2n) is 2.72. The lowest BCUT2D eigenvalue weighted by atomic mass is 10.2. The monoisotopic (exact) mass is 159 g/mol. The van der Waals surface area contributed by atoms with Crippen LogP contribution in [0, 0.1) is 0 Å². The van der Waals surface area contributed by atoms with Crippen molar-refractivity contribution in [3.05, 3.63) is 0 Å². The first kappa shape index (κ1) is 8.49. The van der Waals surface area contributed by atoms with Gasteiger partial charge in [-0.05, 0) is 12.8 Å². The van der Waals surface area contributed by atoms with E-state index in [1.54, 1.807) is 4.90 Å². The maximum atomic E-state index is 10.9. The van der Waals surface area contributed by atoms with Crippen molar-refractivity contribution in [1.29, 1.82) is 0 Å². The number of aliphatic hydroxyl groups is 2. The van der Waals surface area contributed by atoms with Gasteiger partial charge in [-0.15, -0.1) is 0 Å². The minimum absolute atomic E-state index is 0.00569. The van der Waals surface area contributed by atoms with Crippen molar-refractivity contribution in [2.75, 3.05) is 19.8 Å². The summed E-state index contributed by atoms with van der Waals surface area (Å²) in [5.41, 5.74) is 0. The molecule has 1 aliphatic rings. The van der Waals surface area contributed by atoms with Gasteiger partial charge < -0.3 is 15.1 Å². The van der Waals surface area contributed by atoms with Gasteiger partial charge in [0, 0.05) is 6.54 Å². The smallest absolute Gasteiger partial charge is 0.248 e. The number of carbonyl (C=O) groups is 1. The molecule has 11 heavy (non-hydrogen) atoms. The van der Waals surface area contributed by atoms with E-state index in [2.05, 4.69) is 0 Å². The third kappa shape index (κ3) is 1.70. The molecule has 1 rings (SSSR count). The summed E-state index contributed by atoms with van der Waals surface area (Å²) in [7, 11) is 0. The number of rotatable bonds is 2. The molecular weight excluding hydrogens is 146 g/mol. The molecule has 0 aromatic rings. The summed E-state index contributed by atoms with van der Waals surface area (Å²) < 4.78 is 0. The number of amides is 1. The molecule has 2 N–H and O–H groups in total. The number of nitrogens with zero attached hydrogens (tertiary/aromatic N) is 1. The van der Waals surface area contributed by atoms with E-state index in [9.17, 15) is 4.79 Å². The molecule has 0 spiro atoms. The largest absolute Gasteiger partial charge is 0.394 e. The SMILES string of the molecule is O=C(CO)N1CCC[C@H]1CO. The third-order valence-electron chi connectivity index (χ3n) is 2.04. The second-order valence-corrected chi connectivity index (χ2v) is 2.72. The molecule has 1 atom stereocenters.